The summed E-state index contributed by atoms with van der Waals surface area (Å²) in [6, 6.07) is 12.0. The zero-order chi connectivity index (χ0) is 33.0. The molecule has 3 aromatic rings. The highest BCUT2D eigenvalue weighted by atomic mass is 32.2. The summed E-state index contributed by atoms with van der Waals surface area (Å²) >= 11 is 0. The van der Waals surface area contributed by atoms with E-state index < -0.39 is 27.1 Å². The van der Waals surface area contributed by atoms with Crippen molar-refractivity contribution in [2.24, 2.45) is 11.7 Å². The van der Waals surface area contributed by atoms with Crippen LogP contribution in [0.3, 0.4) is 0 Å². The predicted molar refractivity (Wildman–Crippen MR) is 182 cm³/mol. The van der Waals surface area contributed by atoms with E-state index >= 15 is 0 Å². The maximum atomic E-state index is 13.4. The lowest BCUT2D eigenvalue weighted by Crippen LogP contribution is -2.36. The number of ether oxygens (including phenoxy) is 1. The maximum absolute atomic E-state index is 13.4. The second-order valence-electron chi connectivity index (χ2n) is 13.8. The summed E-state index contributed by atoms with van der Waals surface area (Å²) in [6.07, 6.45) is 12.7. The molecule has 11 heteroatoms. The van der Waals surface area contributed by atoms with Gasteiger partial charge in [0, 0.05) is 23.7 Å². The van der Waals surface area contributed by atoms with Crippen LogP contribution in [-0.2, 0) is 10.0 Å². The molecule has 3 N–H and O–H groups in total. The van der Waals surface area contributed by atoms with Gasteiger partial charge >= 0.3 is 0 Å². The van der Waals surface area contributed by atoms with Gasteiger partial charge in [-0.05, 0) is 104 Å². The van der Waals surface area contributed by atoms with Gasteiger partial charge in [-0.25, -0.2) is 13.1 Å². The monoisotopic (exact) mass is 657 g/mol. The third-order valence-electron chi connectivity index (χ3n) is 10.7. The lowest BCUT2D eigenvalue weighted by Gasteiger charge is -2.36. The molecule has 3 heterocycles. The molecule has 2 unspecified atom stereocenters. The van der Waals surface area contributed by atoms with Crippen LogP contribution in [0, 0.1) is 5.92 Å². The van der Waals surface area contributed by atoms with Crippen molar-refractivity contribution in [2.45, 2.75) is 88.5 Å². The van der Waals surface area contributed by atoms with E-state index in [1.165, 1.54) is 19.3 Å². The number of carbonyl (C=O) groups excluding carboxylic acids is 2. The van der Waals surface area contributed by atoms with Crippen LogP contribution in [0.4, 0.5) is 5.69 Å². The van der Waals surface area contributed by atoms with E-state index in [0.717, 1.165) is 71.5 Å². The quantitative estimate of drug-likeness (QED) is 0.305. The number of carbonyl (C=O) groups is 2. The topological polar surface area (TPSA) is 137 Å². The van der Waals surface area contributed by atoms with Gasteiger partial charge < -0.3 is 15.4 Å². The Kier molecular flexibility index (Phi) is 8.14. The molecule has 2 aromatic carbocycles. The van der Waals surface area contributed by atoms with Crippen LogP contribution < -0.4 is 20.1 Å². The zero-order valence-electron chi connectivity index (χ0n) is 27.2. The van der Waals surface area contributed by atoms with E-state index in [2.05, 4.69) is 32.9 Å². The van der Waals surface area contributed by atoms with Crippen molar-refractivity contribution >= 4 is 39.2 Å². The molecule has 2 aliphatic heterocycles. The molecule has 0 radical (unpaired) electrons. The van der Waals surface area contributed by atoms with Crippen molar-refractivity contribution < 1.29 is 22.7 Å². The fourth-order valence-corrected chi connectivity index (χ4v) is 8.60. The average molecular weight is 658 g/mol. The number of nitrogens with zero attached hydrogens (tertiary/aromatic N) is 3. The third kappa shape index (κ3) is 5.52. The maximum Gasteiger partial charge on any atom is 0.264 e. The van der Waals surface area contributed by atoms with E-state index in [9.17, 15) is 18.0 Å². The molecule has 10 nitrogen and oxygen atoms in total. The molecule has 0 bridgehead atoms. The molecule has 2 aliphatic carbocycles. The molecule has 2 atom stereocenters. The molecule has 7 rings (SSSR count). The molecule has 2 saturated carbocycles. The molecule has 1 aromatic heterocycles. The number of nitrogens with one attached hydrogen (secondary N) is 1. The Bertz CT molecular complexity index is 1870. The third-order valence-corrected chi connectivity index (χ3v) is 12.4. The van der Waals surface area contributed by atoms with E-state index in [0.29, 0.717) is 18.0 Å². The Morgan fingerprint density at radius 1 is 1.00 bits per heavy atom. The summed E-state index contributed by atoms with van der Waals surface area (Å²) in [7, 11) is -2.15. The summed E-state index contributed by atoms with van der Waals surface area (Å²) in [5.41, 5.74) is 12.5. The van der Waals surface area contributed by atoms with Crippen molar-refractivity contribution in [2.75, 3.05) is 18.6 Å². The summed E-state index contributed by atoms with van der Waals surface area (Å²) in [5, 5.41) is 3.94. The molecule has 248 valence electrons. The van der Waals surface area contributed by atoms with Crippen molar-refractivity contribution in [3.05, 3.63) is 76.1 Å². The number of amides is 2. The van der Waals surface area contributed by atoms with Gasteiger partial charge in [-0.3, -0.25) is 14.3 Å². The number of methoxy groups -OCH3 is 1. The molecular formula is C36H43N5O5S. The van der Waals surface area contributed by atoms with Crippen LogP contribution >= 0.6 is 0 Å². The van der Waals surface area contributed by atoms with Crippen LogP contribution in [0.1, 0.15) is 126 Å². The van der Waals surface area contributed by atoms with Crippen LogP contribution in [0.2, 0.25) is 0 Å². The second kappa shape index (κ2) is 12.2. The van der Waals surface area contributed by atoms with Gasteiger partial charge in [-0.1, -0.05) is 31.4 Å². The highest BCUT2D eigenvalue weighted by Crippen LogP contribution is 2.57. The molecular weight excluding hydrogens is 614 g/mol. The number of sulfonamides is 1. The van der Waals surface area contributed by atoms with Crippen LogP contribution in [0.5, 0.6) is 5.75 Å². The van der Waals surface area contributed by atoms with E-state index in [1.807, 2.05) is 22.9 Å². The highest BCUT2D eigenvalue weighted by Gasteiger charge is 2.46. The molecule has 2 fully saturated rings. The van der Waals surface area contributed by atoms with Crippen LogP contribution in [-0.4, -0.2) is 48.9 Å². The lowest BCUT2D eigenvalue weighted by molar-refractivity contribution is 0.0977. The smallest absolute Gasteiger partial charge is 0.264 e. The summed E-state index contributed by atoms with van der Waals surface area (Å²) in [5.74, 6) is 0.176. The average Bonchev–Trinajstić information content (AvgIpc) is 3.54. The minimum Gasteiger partial charge on any atom is -0.497 e. The van der Waals surface area contributed by atoms with E-state index in [1.54, 1.807) is 33.2 Å². The lowest BCUT2D eigenvalue weighted by atomic mass is 9.73. The number of hydrogen-bond donors (Lipinski definition) is 2. The Balaban J connectivity index is 1.41. The van der Waals surface area contributed by atoms with Gasteiger partial charge in [0.1, 0.15) is 5.75 Å². The summed E-state index contributed by atoms with van der Waals surface area (Å²) in [6.45, 7) is 3.54. The summed E-state index contributed by atoms with van der Waals surface area (Å²) < 4.78 is 35.2. The zero-order valence-corrected chi connectivity index (χ0v) is 28.1. The van der Waals surface area contributed by atoms with Crippen LogP contribution in [0.25, 0.3) is 11.6 Å². The second-order valence-corrected chi connectivity index (χ2v) is 16.0. The van der Waals surface area contributed by atoms with Gasteiger partial charge in [-0.15, -0.1) is 0 Å². The van der Waals surface area contributed by atoms with Gasteiger partial charge in [0.05, 0.1) is 41.9 Å². The van der Waals surface area contributed by atoms with Crippen molar-refractivity contribution in [1.82, 2.24) is 14.5 Å². The van der Waals surface area contributed by atoms with E-state index in [4.69, 9.17) is 10.5 Å². The van der Waals surface area contributed by atoms with Gasteiger partial charge in [-0.2, -0.15) is 5.10 Å². The fourth-order valence-electron chi connectivity index (χ4n) is 7.99. The first-order valence-electron chi connectivity index (χ1n) is 16.8. The summed E-state index contributed by atoms with van der Waals surface area (Å²) in [4.78, 5) is 28.6. The largest absolute Gasteiger partial charge is 0.497 e. The number of nitrogens with two attached hydrogens (primary N) is 1. The van der Waals surface area contributed by atoms with Crippen molar-refractivity contribution in [3.63, 3.8) is 0 Å². The number of aromatic nitrogens is 2. The Morgan fingerprint density at radius 2 is 1.74 bits per heavy atom. The standard InChI is InChI=1S/C36H43N5O5S/c1-21(2)47(44,45)39-36(43)23-12-14-29-31(18-23)40-20-25(33-30(35(37)42)19-38-41(33)26-10-7-11-26)16-24-17-27(46-3)13-15-28(24)34(40)32(29)22-8-5-4-6-9-22/h12-19,21-22,26,32,34H,4-11,20H2,1-3H3,(H2,37,42)(H,39,43). The Labute approximate surface area is 276 Å². The first-order chi connectivity index (χ1) is 22.6. The first-order valence-corrected chi connectivity index (χ1v) is 18.3. The Morgan fingerprint density at radius 3 is 2.40 bits per heavy atom. The van der Waals surface area contributed by atoms with Gasteiger partial charge in [0.2, 0.25) is 10.0 Å². The predicted octanol–water partition coefficient (Wildman–Crippen LogP) is 5.96. The SMILES string of the molecule is COc1ccc2c(c1)C=C(c1c(C(N)=O)cnn1C1CCC1)CN1c3cc(C(=O)NS(=O)(=O)C(C)C)ccc3C(C3CCCCC3)C21. The highest BCUT2D eigenvalue weighted by molar-refractivity contribution is 7.90. The van der Waals surface area contributed by atoms with Gasteiger partial charge in [0.15, 0.2) is 0 Å². The number of hydrogen-bond acceptors (Lipinski definition) is 7. The minimum absolute atomic E-state index is 0.0439. The molecule has 4 aliphatic rings. The number of fused-ring (bicyclic) bond motifs is 5. The molecule has 47 heavy (non-hydrogen) atoms. The Hall–Kier alpha value is -4.12. The molecule has 2 amide bonds. The van der Waals surface area contributed by atoms with Gasteiger partial charge in [0.25, 0.3) is 11.8 Å². The number of rotatable bonds is 8. The number of anilines is 1. The fraction of sp³-hybridized carbons (Fsp3) is 0.472. The van der Waals surface area contributed by atoms with Crippen molar-refractivity contribution in [3.8, 4) is 5.75 Å². The number of benzene rings is 2. The number of primary amides is 1. The first kappa shape index (κ1) is 31.5. The normalized spacial score (nSPS) is 21.3. The minimum atomic E-state index is -3.81. The molecule has 0 spiro atoms. The van der Waals surface area contributed by atoms with Crippen molar-refractivity contribution in [1.29, 1.82) is 0 Å². The molecule has 0 saturated heterocycles. The van der Waals surface area contributed by atoms with Crippen LogP contribution in [0.15, 0.2) is 42.6 Å². The van der Waals surface area contributed by atoms with E-state index in [-0.39, 0.29) is 23.6 Å².